The highest BCUT2D eigenvalue weighted by molar-refractivity contribution is 7.98. The van der Waals surface area contributed by atoms with Gasteiger partial charge < -0.3 is 4.42 Å². The van der Waals surface area contributed by atoms with Crippen molar-refractivity contribution in [3.05, 3.63) is 53.8 Å². The molecule has 2 nitrogen and oxygen atoms in total. The quantitative estimate of drug-likeness (QED) is 0.593. The Labute approximate surface area is 98.7 Å². The van der Waals surface area contributed by atoms with Crippen LogP contribution in [-0.4, -0.2) is 5.78 Å². The minimum absolute atomic E-state index is 0.0356. The van der Waals surface area contributed by atoms with E-state index >= 15 is 0 Å². The van der Waals surface area contributed by atoms with E-state index in [2.05, 4.69) is 12.1 Å². The number of hydrogen-bond acceptors (Lipinski definition) is 3. The second-order valence-electron chi connectivity index (χ2n) is 3.45. The molecule has 0 amide bonds. The predicted molar refractivity (Wildman–Crippen MR) is 64.7 cm³/mol. The molecule has 3 heteroatoms. The smallest absolute Gasteiger partial charge is 0.194 e. The van der Waals surface area contributed by atoms with Crippen LogP contribution < -0.4 is 0 Å². The van der Waals surface area contributed by atoms with Gasteiger partial charge in [-0.2, -0.15) is 0 Å². The molecule has 2 rings (SSSR count). The zero-order valence-electron chi connectivity index (χ0n) is 8.97. The average molecular weight is 232 g/mol. The van der Waals surface area contributed by atoms with Gasteiger partial charge in [-0.25, -0.2) is 0 Å². The molecular weight excluding hydrogens is 220 g/mol. The van der Waals surface area contributed by atoms with Crippen molar-refractivity contribution in [2.75, 3.05) is 0 Å². The lowest BCUT2D eigenvalue weighted by molar-refractivity contribution is 0.0982. The van der Waals surface area contributed by atoms with Gasteiger partial charge in [0.15, 0.2) is 16.6 Å². The molecule has 0 aliphatic rings. The fourth-order valence-electron chi connectivity index (χ4n) is 1.32. The van der Waals surface area contributed by atoms with Gasteiger partial charge >= 0.3 is 0 Å². The molecule has 0 aliphatic heterocycles. The maximum absolute atomic E-state index is 11.0. The van der Waals surface area contributed by atoms with Crippen molar-refractivity contribution in [1.29, 1.82) is 0 Å². The zero-order chi connectivity index (χ0) is 11.4. The molecule has 82 valence electrons. The van der Waals surface area contributed by atoms with Gasteiger partial charge in [0.1, 0.15) is 0 Å². The number of furan rings is 1. The second kappa shape index (κ2) is 5.03. The molecule has 0 atom stereocenters. The summed E-state index contributed by atoms with van der Waals surface area (Å²) in [6, 6.07) is 13.7. The van der Waals surface area contributed by atoms with Crippen molar-refractivity contribution in [3.63, 3.8) is 0 Å². The van der Waals surface area contributed by atoms with E-state index in [9.17, 15) is 4.79 Å². The minimum Gasteiger partial charge on any atom is -0.447 e. The van der Waals surface area contributed by atoms with Crippen molar-refractivity contribution < 1.29 is 9.21 Å². The number of benzene rings is 1. The van der Waals surface area contributed by atoms with Crippen molar-refractivity contribution in [3.8, 4) is 0 Å². The minimum atomic E-state index is -0.0356. The highest BCUT2D eigenvalue weighted by atomic mass is 32.2. The molecule has 0 saturated heterocycles. The third kappa shape index (κ3) is 2.76. The first-order chi connectivity index (χ1) is 7.75. The molecule has 0 aliphatic carbocycles. The van der Waals surface area contributed by atoms with Gasteiger partial charge in [-0.05, 0) is 17.7 Å². The maximum Gasteiger partial charge on any atom is 0.194 e. The van der Waals surface area contributed by atoms with Gasteiger partial charge in [0.05, 0.1) is 0 Å². The van der Waals surface area contributed by atoms with Crippen LogP contribution in [0, 0.1) is 0 Å². The van der Waals surface area contributed by atoms with E-state index < -0.39 is 0 Å². The molecule has 0 bridgehead atoms. The van der Waals surface area contributed by atoms with Crippen molar-refractivity contribution in [2.24, 2.45) is 0 Å². The Bertz CT molecular complexity index is 474. The Balaban J connectivity index is 1.97. The molecule has 0 unspecified atom stereocenters. The number of thioether (sulfide) groups is 1. The Kier molecular flexibility index (Phi) is 3.47. The first-order valence-corrected chi connectivity index (χ1v) is 6.02. The Hall–Kier alpha value is -1.48. The topological polar surface area (TPSA) is 30.2 Å². The Morgan fingerprint density at radius 3 is 2.56 bits per heavy atom. The first kappa shape index (κ1) is 11.0. The van der Waals surface area contributed by atoms with Crippen molar-refractivity contribution in [1.82, 2.24) is 0 Å². The van der Waals surface area contributed by atoms with Crippen LogP contribution in [0.5, 0.6) is 0 Å². The standard InChI is InChI=1S/C13H12O2S/c1-10(14)12-7-8-13(15-12)16-9-11-5-3-2-4-6-11/h2-8H,9H2,1H3. The van der Waals surface area contributed by atoms with E-state index in [-0.39, 0.29) is 5.78 Å². The fourth-order valence-corrected chi connectivity index (χ4v) is 2.13. The summed E-state index contributed by atoms with van der Waals surface area (Å²) in [5.41, 5.74) is 1.24. The number of hydrogen-bond donors (Lipinski definition) is 0. The summed E-state index contributed by atoms with van der Waals surface area (Å²) in [4.78, 5) is 11.0. The molecule has 0 saturated carbocycles. The van der Waals surface area contributed by atoms with Crippen LogP contribution in [0.3, 0.4) is 0 Å². The first-order valence-electron chi connectivity index (χ1n) is 5.03. The van der Waals surface area contributed by atoms with E-state index in [4.69, 9.17) is 4.42 Å². The van der Waals surface area contributed by atoms with E-state index in [1.807, 2.05) is 24.3 Å². The van der Waals surface area contributed by atoms with Crippen molar-refractivity contribution in [2.45, 2.75) is 17.8 Å². The van der Waals surface area contributed by atoms with E-state index in [1.165, 1.54) is 12.5 Å². The molecule has 0 spiro atoms. The second-order valence-corrected chi connectivity index (χ2v) is 4.43. The van der Waals surface area contributed by atoms with Gasteiger partial charge in [-0.15, -0.1) is 0 Å². The largest absolute Gasteiger partial charge is 0.447 e. The lowest BCUT2D eigenvalue weighted by Gasteiger charge is -1.97. The summed E-state index contributed by atoms with van der Waals surface area (Å²) in [6.07, 6.45) is 0. The lowest BCUT2D eigenvalue weighted by Crippen LogP contribution is -1.85. The van der Waals surface area contributed by atoms with Gasteiger partial charge in [0, 0.05) is 12.7 Å². The summed E-state index contributed by atoms with van der Waals surface area (Å²) >= 11 is 1.59. The third-order valence-electron chi connectivity index (χ3n) is 2.15. The van der Waals surface area contributed by atoms with Crippen LogP contribution in [0.4, 0.5) is 0 Å². The molecule has 0 radical (unpaired) electrons. The highest BCUT2D eigenvalue weighted by Gasteiger charge is 2.06. The average Bonchev–Trinajstić information content (AvgIpc) is 2.76. The SMILES string of the molecule is CC(=O)c1ccc(SCc2ccccc2)o1. The number of carbonyl (C=O) groups excluding carboxylic acids is 1. The number of Topliss-reactive ketones (excluding diaryl/α,β-unsaturated/α-hetero) is 1. The van der Waals surface area contributed by atoms with Gasteiger partial charge in [0.25, 0.3) is 0 Å². The van der Waals surface area contributed by atoms with Crippen LogP contribution in [-0.2, 0) is 5.75 Å². The molecule has 2 aromatic rings. The van der Waals surface area contributed by atoms with Gasteiger partial charge in [-0.3, -0.25) is 4.79 Å². The number of rotatable bonds is 4. The molecule has 1 aromatic heterocycles. The molecular formula is C13H12O2S. The van der Waals surface area contributed by atoms with E-state index in [1.54, 1.807) is 17.8 Å². The number of carbonyl (C=O) groups is 1. The summed E-state index contributed by atoms with van der Waals surface area (Å²) in [7, 11) is 0. The van der Waals surface area contributed by atoms with Crippen LogP contribution in [0.2, 0.25) is 0 Å². The highest BCUT2D eigenvalue weighted by Crippen LogP contribution is 2.24. The fraction of sp³-hybridized carbons (Fsp3) is 0.154. The molecule has 0 N–H and O–H groups in total. The molecule has 0 fully saturated rings. The third-order valence-corrected chi connectivity index (χ3v) is 3.13. The van der Waals surface area contributed by atoms with Crippen LogP contribution in [0.1, 0.15) is 23.0 Å². The van der Waals surface area contributed by atoms with Crippen molar-refractivity contribution >= 4 is 17.5 Å². The monoisotopic (exact) mass is 232 g/mol. The van der Waals surface area contributed by atoms with Crippen LogP contribution in [0.15, 0.2) is 52.0 Å². The molecule has 1 aromatic carbocycles. The molecule has 1 heterocycles. The maximum atomic E-state index is 11.0. The Morgan fingerprint density at radius 2 is 1.94 bits per heavy atom. The summed E-state index contributed by atoms with van der Waals surface area (Å²) in [6.45, 7) is 1.50. The predicted octanol–water partition coefficient (Wildman–Crippen LogP) is 3.77. The summed E-state index contributed by atoms with van der Waals surface area (Å²) in [5.74, 6) is 1.24. The van der Waals surface area contributed by atoms with E-state index in [0.29, 0.717) is 5.76 Å². The van der Waals surface area contributed by atoms with Crippen LogP contribution in [0.25, 0.3) is 0 Å². The zero-order valence-corrected chi connectivity index (χ0v) is 9.79. The normalized spacial score (nSPS) is 10.3. The van der Waals surface area contributed by atoms with E-state index in [0.717, 1.165) is 10.8 Å². The number of ketones is 1. The van der Waals surface area contributed by atoms with Gasteiger partial charge in [0.2, 0.25) is 0 Å². The molecule has 16 heavy (non-hydrogen) atoms. The summed E-state index contributed by atoms with van der Waals surface area (Å²) in [5, 5.41) is 0.786. The lowest BCUT2D eigenvalue weighted by atomic mass is 10.2. The summed E-state index contributed by atoms with van der Waals surface area (Å²) < 4.78 is 5.38. The Morgan fingerprint density at radius 1 is 1.19 bits per heavy atom. The van der Waals surface area contributed by atoms with Gasteiger partial charge in [-0.1, -0.05) is 42.1 Å². The van der Waals surface area contributed by atoms with Crippen LogP contribution >= 0.6 is 11.8 Å².